The molecule has 0 radical (unpaired) electrons. The summed E-state index contributed by atoms with van der Waals surface area (Å²) in [6.45, 7) is -1.21. The number of aliphatic carboxylic acids is 2. The third kappa shape index (κ3) is 3.90. The predicted octanol–water partition coefficient (Wildman–Crippen LogP) is -3.52. The van der Waals surface area contributed by atoms with E-state index in [1.165, 1.54) is 9.80 Å². The van der Waals surface area contributed by atoms with Crippen LogP contribution in [0.4, 0.5) is 0 Å². The van der Waals surface area contributed by atoms with Crippen molar-refractivity contribution in [1.29, 1.82) is 0 Å². The van der Waals surface area contributed by atoms with Gasteiger partial charge in [-0.25, -0.2) is 0 Å². The van der Waals surface area contributed by atoms with Crippen molar-refractivity contribution in [1.82, 2.24) is 9.80 Å². The molecule has 0 spiro atoms. The van der Waals surface area contributed by atoms with Gasteiger partial charge in [0.1, 0.15) is 12.1 Å². The summed E-state index contributed by atoms with van der Waals surface area (Å²) in [4.78, 5) is 46.5. The Kier molecular flexibility index (Phi) is 5.00. The molecule has 2 unspecified atom stereocenters. The van der Waals surface area contributed by atoms with Gasteiger partial charge >= 0.3 is 11.9 Å². The number of carbonyl (C=O) groups is 4. The normalized spacial score (nSPS) is 24.2. The van der Waals surface area contributed by atoms with Gasteiger partial charge in [0.25, 0.3) is 0 Å². The maximum Gasteiger partial charge on any atom is 0.322 e. The molecular formula is C10H16N4O6. The highest BCUT2D eigenvalue weighted by atomic mass is 16.4. The maximum absolute atomic E-state index is 11.2. The first kappa shape index (κ1) is 15.9. The number of nitrogens with zero attached hydrogens (tertiary/aromatic N) is 2. The molecule has 0 aliphatic carbocycles. The Balaban J connectivity index is 2.96. The second-order valence-electron chi connectivity index (χ2n) is 4.50. The largest absolute Gasteiger partial charge is 0.480 e. The second-order valence-corrected chi connectivity index (χ2v) is 4.50. The van der Waals surface area contributed by atoms with Gasteiger partial charge in [-0.3, -0.25) is 29.0 Å². The minimum Gasteiger partial charge on any atom is -0.480 e. The van der Waals surface area contributed by atoms with Crippen LogP contribution >= 0.6 is 0 Å². The second kappa shape index (κ2) is 6.30. The van der Waals surface area contributed by atoms with Crippen LogP contribution in [-0.2, 0) is 19.2 Å². The molecule has 2 atom stereocenters. The zero-order valence-electron chi connectivity index (χ0n) is 10.6. The number of primary amides is 2. The van der Waals surface area contributed by atoms with E-state index in [0.29, 0.717) is 0 Å². The molecule has 1 aliphatic heterocycles. The SMILES string of the molecule is NC(=O)CN1CC(C(=O)O)N(CC(N)=O)CC1C(=O)O. The average molecular weight is 288 g/mol. The van der Waals surface area contributed by atoms with Gasteiger partial charge in [0.2, 0.25) is 11.8 Å². The molecule has 0 bridgehead atoms. The minimum atomic E-state index is -1.23. The van der Waals surface area contributed by atoms with E-state index in [9.17, 15) is 19.2 Å². The van der Waals surface area contributed by atoms with Crippen LogP contribution < -0.4 is 11.5 Å². The molecular weight excluding hydrogens is 272 g/mol. The van der Waals surface area contributed by atoms with Gasteiger partial charge in [0.05, 0.1) is 13.1 Å². The quantitative estimate of drug-likeness (QED) is 0.390. The fourth-order valence-electron chi connectivity index (χ4n) is 2.15. The number of carboxylic acids is 2. The summed E-state index contributed by atoms with van der Waals surface area (Å²) in [5.41, 5.74) is 10.0. The van der Waals surface area contributed by atoms with Crippen LogP contribution in [0.15, 0.2) is 0 Å². The molecule has 1 heterocycles. The lowest BCUT2D eigenvalue weighted by Gasteiger charge is -2.41. The van der Waals surface area contributed by atoms with Crippen molar-refractivity contribution in [2.45, 2.75) is 12.1 Å². The highest BCUT2D eigenvalue weighted by molar-refractivity contribution is 5.81. The van der Waals surface area contributed by atoms with Crippen LogP contribution in [0.2, 0.25) is 0 Å². The standard InChI is InChI=1S/C10H16N4O6/c11-7(15)3-13-1-5(9(17)18)14(4-8(12)16)2-6(13)10(19)20/h5-6H,1-4H2,(H2,11,15)(H2,12,16)(H,17,18)(H,19,20). The van der Waals surface area contributed by atoms with Crippen molar-refractivity contribution >= 4 is 23.8 Å². The first-order chi connectivity index (χ1) is 9.22. The molecule has 0 aromatic rings. The first-order valence-corrected chi connectivity index (χ1v) is 5.72. The highest BCUT2D eigenvalue weighted by Gasteiger charge is 2.41. The van der Waals surface area contributed by atoms with Gasteiger partial charge in [-0.1, -0.05) is 0 Å². The van der Waals surface area contributed by atoms with E-state index in [-0.39, 0.29) is 26.2 Å². The molecule has 112 valence electrons. The van der Waals surface area contributed by atoms with Crippen LogP contribution in [0.1, 0.15) is 0 Å². The summed E-state index contributed by atoms with van der Waals surface area (Å²) >= 11 is 0. The van der Waals surface area contributed by atoms with Gasteiger partial charge in [-0.05, 0) is 0 Å². The molecule has 10 heteroatoms. The van der Waals surface area contributed by atoms with E-state index in [1.54, 1.807) is 0 Å². The van der Waals surface area contributed by atoms with Gasteiger partial charge in [-0.15, -0.1) is 0 Å². The van der Waals surface area contributed by atoms with Crippen molar-refractivity contribution in [3.63, 3.8) is 0 Å². The van der Waals surface area contributed by atoms with E-state index in [0.717, 1.165) is 0 Å². The van der Waals surface area contributed by atoms with Crippen molar-refractivity contribution in [2.75, 3.05) is 26.2 Å². The summed E-state index contributed by atoms with van der Waals surface area (Å²) in [7, 11) is 0. The third-order valence-corrected chi connectivity index (χ3v) is 2.98. The van der Waals surface area contributed by atoms with Crippen LogP contribution in [0.5, 0.6) is 0 Å². The van der Waals surface area contributed by atoms with Gasteiger partial charge in [0, 0.05) is 13.1 Å². The lowest BCUT2D eigenvalue weighted by Crippen LogP contribution is -2.64. The number of hydrogen-bond donors (Lipinski definition) is 4. The topological polar surface area (TPSA) is 167 Å². The van der Waals surface area contributed by atoms with Gasteiger partial charge < -0.3 is 21.7 Å². The van der Waals surface area contributed by atoms with E-state index in [2.05, 4.69) is 0 Å². The molecule has 10 nitrogen and oxygen atoms in total. The zero-order valence-corrected chi connectivity index (χ0v) is 10.6. The smallest absolute Gasteiger partial charge is 0.322 e. The van der Waals surface area contributed by atoms with Crippen molar-refractivity contribution in [2.24, 2.45) is 11.5 Å². The van der Waals surface area contributed by atoms with E-state index in [4.69, 9.17) is 21.7 Å². The first-order valence-electron chi connectivity index (χ1n) is 5.72. The molecule has 0 saturated carbocycles. The molecule has 20 heavy (non-hydrogen) atoms. The highest BCUT2D eigenvalue weighted by Crippen LogP contribution is 2.15. The molecule has 2 amide bonds. The van der Waals surface area contributed by atoms with Crippen molar-refractivity contribution in [3.05, 3.63) is 0 Å². The Bertz CT molecular complexity index is 399. The lowest BCUT2D eigenvalue weighted by atomic mass is 10.1. The van der Waals surface area contributed by atoms with Crippen molar-refractivity contribution in [3.8, 4) is 0 Å². The molecule has 1 saturated heterocycles. The molecule has 1 rings (SSSR count). The number of piperazine rings is 1. The van der Waals surface area contributed by atoms with Crippen LogP contribution in [0.3, 0.4) is 0 Å². The maximum atomic E-state index is 11.2. The molecule has 0 aromatic heterocycles. The Morgan fingerprint density at radius 1 is 0.850 bits per heavy atom. The lowest BCUT2D eigenvalue weighted by molar-refractivity contribution is -0.157. The van der Waals surface area contributed by atoms with E-state index >= 15 is 0 Å². The molecule has 1 aliphatic rings. The van der Waals surface area contributed by atoms with Crippen LogP contribution in [-0.4, -0.2) is 82.0 Å². The van der Waals surface area contributed by atoms with E-state index < -0.39 is 35.8 Å². The fourth-order valence-corrected chi connectivity index (χ4v) is 2.15. The number of hydrogen-bond acceptors (Lipinski definition) is 6. The van der Waals surface area contributed by atoms with Crippen molar-refractivity contribution < 1.29 is 29.4 Å². The average Bonchev–Trinajstić information content (AvgIpc) is 2.28. The van der Waals surface area contributed by atoms with Gasteiger partial charge in [-0.2, -0.15) is 0 Å². The monoisotopic (exact) mass is 288 g/mol. The summed E-state index contributed by atoms with van der Waals surface area (Å²) in [6.07, 6.45) is 0. The molecule has 6 N–H and O–H groups in total. The number of amides is 2. The van der Waals surface area contributed by atoms with Crippen LogP contribution in [0.25, 0.3) is 0 Å². The van der Waals surface area contributed by atoms with E-state index in [1.807, 2.05) is 0 Å². The van der Waals surface area contributed by atoms with Gasteiger partial charge in [0.15, 0.2) is 0 Å². The summed E-state index contributed by atoms with van der Waals surface area (Å²) in [5, 5.41) is 18.2. The zero-order chi connectivity index (χ0) is 15.4. The Hall–Kier alpha value is -2.20. The minimum absolute atomic E-state index is 0.234. The fraction of sp³-hybridized carbons (Fsp3) is 0.600. The Morgan fingerprint density at radius 2 is 1.15 bits per heavy atom. The third-order valence-electron chi connectivity index (χ3n) is 2.98. The summed E-state index contributed by atoms with van der Waals surface area (Å²) in [6, 6.07) is -2.25. The summed E-state index contributed by atoms with van der Waals surface area (Å²) in [5.74, 6) is -3.98. The number of nitrogens with two attached hydrogens (primary N) is 2. The van der Waals surface area contributed by atoms with Crippen LogP contribution in [0, 0.1) is 0 Å². The Labute approximate surface area is 113 Å². The number of carboxylic acid groups (broad SMARTS) is 2. The molecule has 1 fully saturated rings. The molecule has 0 aromatic carbocycles. The Morgan fingerprint density at radius 3 is 1.35 bits per heavy atom. The number of rotatable bonds is 6. The summed E-state index contributed by atoms with van der Waals surface area (Å²) < 4.78 is 0. The predicted molar refractivity (Wildman–Crippen MR) is 64.4 cm³/mol. The number of carbonyl (C=O) groups excluding carboxylic acids is 2.